The Balaban J connectivity index is 1.71. The van der Waals surface area contributed by atoms with Gasteiger partial charge in [0, 0.05) is 11.3 Å². The molecular weight excluding hydrogens is 514 g/mol. The zero-order valence-corrected chi connectivity index (χ0v) is 23.9. The van der Waals surface area contributed by atoms with Gasteiger partial charge in [-0.2, -0.15) is 0 Å². The molecule has 8 nitrogen and oxygen atoms in total. The van der Waals surface area contributed by atoms with E-state index in [1.807, 2.05) is 82.3 Å². The highest BCUT2D eigenvalue weighted by Gasteiger charge is 2.40. The number of allylic oxidation sites excluding steroid dienone is 1. The number of aryl methyl sites for hydroxylation is 1. The van der Waals surface area contributed by atoms with Crippen molar-refractivity contribution in [3.8, 4) is 5.75 Å². The van der Waals surface area contributed by atoms with Crippen molar-refractivity contribution in [1.82, 2.24) is 15.5 Å². The fourth-order valence-electron chi connectivity index (χ4n) is 4.34. The SMILES string of the molecule is C=CCc1ccc(OCC(=O)N[C@@H](Cc2ccccc2)[C@H](O)C(=O)N2CSC[C@H]2C(=O)NC(C)(C)C)c(C)c1. The van der Waals surface area contributed by atoms with Crippen LogP contribution in [0.15, 0.2) is 61.2 Å². The van der Waals surface area contributed by atoms with E-state index in [0.717, 1.165) is 23.1 Å². The van der Waals surface area contributed by atoms with Gasteiger partial charge in [-0.25, -0.2) is 0 Å². The Morgan fingerprint density at radius 2 is 1.90 bits per heavy atom. The van der Waals surface area contributed by atoms with Gasteiger partial charge in [0.25, 0.3) is 11.8 Å². The lowest BCUT2D eigenvalue weighted by Gasteiger charge is -2.31. The van der Waals surface area contributed by atoms with E-state index in [1.165, 1.54) is 16.7 Å². The molecule has 1 fully saturated rings. The van der Waals surface area contributed by atoms with Crippen LogP contribution in [-0.4, -0.2) is 69.7 Å². The van der Waals surface area contributed by atoms with E-state index >= 15 is 0 Å². The fourth-order valence-corrected chi connectivity index (χ4v) is 5.50. The van der Waals surface area contributed by atoms with Crippen molar-refractivity contribution in [3.05, 3.63) is 77.9 Å². The van der Waals surface area contributed by atoms with Crippen LogP contribution in [0.2, 0.25) is 0 Å². The summed E-state index contributed by atoms with van der Waals surface area (Å²) >= 11 is 1.45. The summed E-state index contributed by atoms with van der Waals surface area (Å²) < 4.78 is 5.75. The molecule has 0 radical (unpaired) electrons. The summed E-state index contributed by atoms with van der Waals surface area (Å²) in [7, 11) is 0. The fraction of sp³-hybridized carbons (Fsp3) is 0.433. The standard InChI is InChI=1S/C30H39N3O5S/c1-6-10-21-13-14-25(20(2)15-21)38-17-26(34)31-23(16-22-11-8-7-9-12-22)27(35)29(37)33-19-39-18-24(33)28(36)32-30(3,4)5/h6-9,11-15,23-24,27,35H,1,10,16-19H2,2-5H3,(H,31,34)(H,32,36)/t23-,24-,27-/m0/s1. The van der Waals surface area contributed by atoms with E-state index in [4.69, 9.17) is 4.74 Å². The zero-order chi connectivity index (χ0) is 28.6. The summed E-state index contributed by atoms with van der Waals surface area (Å²) in [6.45, 7) is 11.0. The Kier molecular flexibility index (Phi) is 10.6. The first-order valence-corrected chi connectivity index (χ1v) is 14.2. The lowest BCUT2D eigenvalue weighted by atomic mass is 9.99. The second-order valence-electron chi connectivity index (χ2n) is 10.8. The van der Waals surface area contributed by atoms with Crippen molar-refractivity contribution in [2.75, 3.05) is 18.2 Å². The van der Waals surface area contributed by atoms with Crippen LogP contribution in [0.1, 0.15) is 37.5 Å². The van der Waals surface area contributed by atoms with Crippen molar-refractivity contribution >= 4 is 29.5 Å². The monoisotopic (exact) mass is 553 g/mol. The Morgan fingerprint density at radius 3 is 2.54 bits per heavy atom. The van der Waals surface area contributed by atoms with Crippen LogP contribution in [-0.2, 0) is 27.2 Å². The van der Waals surface area contributed by atoms with Crippen molar-refractivity contribution in [1.29, 1.82) is 0 Å². The highest BCUT2D eigenvalue weighted by atomic mass is 32.2. The minimum absolute atomic E-state index is 0.231. The number of amides is 3. The average Bonchev–Trinajstić information content (AvgIpc) is 3.37. The van der Waals surface area contributed by atoms with Gasteiger partial charge in [-0.05, 0) is 63.3 Å². The van der Waals surface area contributed by atoms with Gasteiger partial charge in [-0.15, -0.1) is 18.3 Å². The first-order chi connectivity index (χ1) is 18.5. The Bertz CT molecular complexity index is 1160. The maximum Gasteiger partial charge on any atom is 0.258 e. The zero-order valence-electron chi connectivity index (χ0n) is 23.1. The number of benzene rings is 2. The second kappa shape index (κ2) is 13.7. The molecule has 1 aliphatic heterocycles. The van der Waals surface area contributed by atoms with Crippen LogP contribution in [0.5, 0.6) is 5.75 Å². The normalized spacial score (nSPS) is 16.7. The van der Waals surface area contributed by atoms with Crippen LogP contribution in [0.4, 0.5) is 0 Å². The van der Waals surface area contributed by atoms with Gasteiger partial charge >= 0.3 is 0 Å². The van der Waals surface area contributed by atoms with Gasteiger partial charge in [0.15, 0.2) is 12.7 Å². The number of thioether (sulfide) groups is 1. The van der Waals surface area contributed by atoms with Crippen molar-refractivity contribution in [3.63, 3.8) is 0 Å². The lowest BCUT2D eigenvalue weighted by Crippen LogP contribution is -2.58. The molecule has 9 heteroatoms. The van der Waals surface area contributed by atoms with Crippen LogP contribution < -0.4 is 15.4 Å². The third kappa shape index (κ3) is 8.86. The van der Waals surface area contributed by atoms with Crippen LogP contribution >= 0.6 is 11.8 Å². The van der Waals surface area contributed by atoms with E-state index < -0.39 is 35.5 Å². The van der Waals surface area contributed by atoms with E-state index in [2.05, 4.69) is 17.2 Å². The molecule has 2 aromatic rings. The molecule has 39 heavy (non-hydrogen) atoms. The van der Waals surface area contributed by atoms with Crippen LogP contribution in [0.3, 0.4) is 0 Å². The summed E-state index contributed by atoms with van der Waals surface area (Å²) in [5.74, 6) is -0.0148. The van der Waals surface area contributed by atoms with Crippen LogP contribution in [0, 0.1) is 6.92 Å². The molecule has 0 bridgehead atoms. The molecule has 1 heterocycles. The first-order valence-electron chi connectivity index (χ1n) is 13.0. The lowest BCUT2D eigenvalue weighted by molar-refractivity contribution is -0.147. The van der Waals surface area contributed by atoms with E-state index in [-0.39, 0.29) is 24.8 Å². The molecule has 1 saturated heterocycles. The van der Waals surface area contributed by atoms with Gasteiger partial charge in [0.05, 0.1) is 11.9 Å². The summed E-state index contributed by atoms with van der Waals surface area (Å²) in [4.78, 5) is 40.6. The topological polar surface area (TPSA) is 108 Å². The number of carbonyl (C=O) groups is 3. The van der Waals surface area contributed by atoms with Gasteiger partial charge in [-0.3, -0.25) is 14.4 Å². The average molecular weight is 554 g/mol. The number of ether oxygens (including phenoxy) is 1. The number of rotatable bonds is 11. The highest BCUT2D eigenvalue weighted by Crippen LogP contribution is 2.24. The summed E-state index contributed by atoms with van der Waals surface area (Å²) in [5, 5.41) is 16.9. The second-order valence-corrected chi connectivity index (χ2v) is 11.8. The first kappa shape index (κ1) is 30.2. The molecule has 0 saturated carbocycles. The highest BCUT2D eigenvalue weighted by molar-refractivity contribution is 7.99. The van der Waals surface area contributed by atoms with Gasteiger partial charge in [0.1, 0.15) is 11.8 Å². The molecule has 1 aliphatic rings. The molecular formula is C30H39N3O5S. The Hall–Kier alpha value is -3.30. The van der Waals surface area contributed by atoms with E-state index in [9.17, 15) is 19.5 Å². The maximum atomic E-state index is 13.4. The summed E-state index contributed by atoms with van der Waals surface area (Å²) in [6.07, 6.45) is 1.25. The summed E-state index contributed by atoms with van der Waals surface area (Å²) in [6, 6.07) is 13.4. The molecule has 0 aromatic heterocycles. The molecule has 0 unspecified atom stereocenters. The molecule has 3 atom stereocenters. The number of nitrogens with one attached hydrogen (secondary N) is 2. The van der Waals surface area contributed by atoms with Crippen LogP contribution in [0.25, 0.3) is 0 Å². The molecule has 3 amide bonds. The Labute approximate surface area is 235 Å². The molecule has 0 aliphatic carbocycles. The number of aliphatic hydroxyl groups excluding tert-OH is 1. The third-order valence-corrected chi connectivity index (χ3v) is 7.24. The number of nitrogens with zero attached hydrogens (tertiary/aromatic N) is 1. The minimum atomic E-state index is -1.54. The van der Waals surface area contributed by atoms with E-state index in [0.29, 0.717) is 11.5 Å². The summed E-state index contributed by atoms with van der Waals surface area (Å²) in [5.41, 5.74) is 2.39. The Morgan fingerprint density at radius 1 is 1.18 bits per heavy atom. The van der Waals surface area contributed by atoms with Gasteiger partial charge < -0.3 is 25.4 Å². The molecule has 0 spiro atoms. The molecule has 210 valence electrons. The quantitative estimate of drug-likeness (QED) is 0.369. The predicted octanol–water partition coefficient (Wildman–Crippen LogP) is 3.01. The largest absolute Gasteiger partial charge is 0.484 e. The molecule has 2 aromatic carbocycles. The number of carbonyl (C=O) groups excluding carboxylic acids is 3. The minimum Gasteiger partial charge on any atom is -0.484 e. The number of hydrogen-bond acceptors (Lipinski definition) is 6. The maximum absolute atomic E-state index is 13.4. The molecule has 3 N–H and O–H groups in total. The predicted molar refractivity (Wildman–Crippen MR) is 155 cm³/mol. The smallest absolute Gasteiger partial charge is 0.258 e. The third-order valence-electron chi connectivity index (χ3n) is 6.22. The van der Waals surface area contributed by atoms with E-state index in [1.54, 1.807) is 0 Å². The molecule has 3 rings (SSSR count). The van der Waals surface area contributed by atoms with Crippen molar-refractivity contribution < 1.29 is 24.2 Å². The number of aliphatic hydroxyl groups is 1. The van der Waals surface area contributed by atoms with Crippen molar-refractivity contribution in [2.45, 2.75) is 64.3 Å². The van der Waals surface area contributed by atoms with Crippen molar-refractivity contribution in [2.24, 2.45) is 0 Å². The van der Waals surface area contributed by atoms with Gasteiger partial charge in [-0.1, -0.05) is 48.5 Å². The number of hydrogen-bond donors (Lipinski definition) is 3. The van der Waals surface area contributed by atoms with Gasteiger partial charge in [0.2, 0.25) is 5.91 Å².